The van der Waals surface area contributed by atoms with Gasteiger partial charge in [-0.3, -0.25) is 4.79 Å². The first kappa shape index (κ1) is 19.7. The number of nitrogens with one attached hydrogen (secondary N) is 1. The molecule has 1 aromatic carbocycles. The maximum absolute atomic E-state index is 12.7. The SMILES string of the molecule is COc1cc(Nc2nccc(C(=O)N3CCC(C)CC3)n2)cc(OC)c1OC. The molecule has 1 N–H and O–H groups in total. The first-order valence-corrected chi connectivity index (χ1v) is 9.25. The van der Waals surface area contributed by atoms with Gasteiger partial charge in [-0.2, -0.15) is 0 Å². The average molecular weight is 386 g/mol. The van der Waals surface area contributed by atoms with E-state index in [4.69, 9.17) is 14.2 Å². The van der Waals surface area contributed by atoms with Crippen LogP contribution >= 0.6 is 0 Å². The first-order chi connectivity index (χ1) is 13.5. The van der Waals surface area contributed by atoms with Gasteiger partial charge in [0.1, 0.15) is 5.69 Å². The molecule has 2 heterocycles. The molecule has 0 radical (unpaired) electrons. The van der Waals surface area contributed by atoms with Crippen LogP contribution in [0.3, 0.4) is 0 Å². The fourth-order valence-electron chi connectivity index (χ4n) is 3.19. The molecule has 0 bridgehead atoms. The summed E-state index contributed by atoms with van der Waals surface area (Å²) in [6.45, 7) is 3.74. The number of methoxy groups -OCH3 is 3. The number of likely N-dealkylation sites (tertiary alicyclic amines) is 1. The number of rotatable bonds is 6. The minimum Gasteiger partial charge on any atom is -0.493 e. The van der Waals surface area contributed by atoms with Gasteiger partial charge in [0.05, 0.1) is 21.3 Å². The van der Waals surface area contributed by atoms with Crippen molar-refractivity contribution in [1.82, 2.24) is 14.9 Å². The van der Waals surface area contributed by atoms with Crippen molar-refractivity contribution in [1.29, 1.82) is 0 Å². The number of carbonyl (C=O) groups excluding carboxylic acids is 1. The van der Waals surface area contributed by atoms with Crippen LogP contribution in [0.4, 0.5) is 11.6 Å². The summed E-state index contributed by atoms with van der Waals surface area (Å²) in [6, 6.07) is 5.15. The Balaban J connectivity index is 1.80. The molecule has 1 fully saturated rings. The van der Waals surface area contributed by atoms with E-state index in [1.54, 1.807) is 45.7 Å². The van der Waals surface area contributed by atoms with Crippen molar-refractivity contribution in [2.45, 2.75) is 19.8 Å². The third kappa shape index (κ3) is 4.27. The number of amides is 1. The number of benzene rings is 1. The number of carbonyl (C=O) groups is 1. The molecule has 0 spiro atoms. The number of hydrogen-bond acceptors (Lipinski definition) is 7. The second-order valence-corrected chi connectivity index (χ2v) is 6.78. The van der Waals surface area contributed by atoms with Crippen LogP contribution in [0, 0.1) is 5.92 Å². The van der Waals surface area contributed by atoms with E-state index in [1.165, 1.54) is 0 Å². The summed E-state index contributed by atoms with van der Waals surface area (Å²) in [5, 5.41) is 3.10. The minimum absolute atomic E-state index is 0.0674. The smallest absolute Gasteiger partial charge is 0.272 e. The third-order valence-electron chi connectivity index (χ3n) is 4.87. The second-order valence-electron chi connectivity index (χ2n) is 6.78. The van der Waals surface area contributed by atoms with E-state index in [1.807, 2.05) is 4.90 Å². The number of hydrogen-bond donors (Lipinski definition) is 1. The van der Waals surface area contributed by atoms with Gasteiger partial charge in [-0.05, 0) is 24.8 Å². The Morgan fingerprint density at radius 2 is 1.75 bits per heavy atom. The van der Waals surface area contributed by atoms with Crippen LogP contribution in [-0.2, 0) is 0 Å². The molecular formula is C20H26N4O4. The van der Waals surface area contributed by atoms with Crippen molar-refractivity contribution < 1.29 is 19.0 Å². The van der Waals surface area contributed by atoms with Crippen LogP contribution in [0.25, 0.3) is 0 Å². The van der Waals surface area contributed by atoms with Gasteiger partial charge >= 0.3 is 0 Å². The predicted molar refractivity (Wildman–Crippen MR) is 106 cm³/mol. The lowest BCUT2D eigenvalue weighted by atomic mass is 9.99. The minimum atomic E-state index is -0.0674. The predicted octanol–water partition coefficient (Wildman–Crippen LogP) is 3.12. The van der Waals surface area contributed by atoms with Crippen molar-refractivity contribution in [3.05, 3.63) is 30.1 Å². The Bertz CT molecular complexity index is 810. The highest BCUT2D eigenvalue weighted by atomic mass is 16.5. The molecule has 3 rings (SSSR count). The van der Waals surface area contributed by atoms with E-state index < -0.39 is 0 Å². The Morgan fingerprint density at radius 1 is 1.11 bits per heavy atom. The van der Waals surface area contributed by atoms with Crippen LogP contribution in [0.15, 0.2) is 24.4 Å². The summed E-state index contributed by atoms with van der Waals surface area (Å²) in [5.41, 5.74) is 1.03. The van der Waals surface area contributed by atoms with Crippen LogP contribution in [-0.4, -0.2) is 55.2 Å². The van der Waals surface area contributed by atoms with Gasteiger partial charge in [0.2, 0.25) is 11.7 Å². The highest BCUT2D eigenvalue weighted by Crippen LogP contribution is 2.40. The maximum atomic E-state index is 12.7. The molecule has 0 unspecified atom stereocenters. The highest BCUT2D eigenvalue weighted by Gasteiger charge is 2.22. The van der Waals surface area contributed by atoms with E-state index in [-0.39, 0.29) is 5.91 Å². The van der Waals surface area contributed by atoms with Gasteiger partial charge in [0, 0.05) is 37.1 Å². The van der Waals surface area contributed by atoms with Crippen LogP contribution in [0.5, 0.6) is 17.2 Å². The molecule has 0 atom stereocenters. The Hall–Kier alpha value is -3.03. The largest absolute Gasteiger partial charge is 0.493 e. The fourth-order valence-corrected chi connectivity index (χ4v) is 3.19. The van der Waals surface area contributed by atoms with Gasteiger partial charge in [0.25, 0.3) is 5.91 Å². The second kappa shape index (κ2) is 8.77. The summed E-state index contributed by atoms with van der Waals surface area (Å²) < 4.78 is 16.1. The summed E-state index contributed by atoms with van der Waals surface area (Å²) in [5.74, 6) is 2.44. The van der Waals surface area contributed by atoms with Crippen molar-refractivity contribution in [2.24, 2.45) is 5.92 Å². The third-order valence-corrected chi connectivity index (χ3v) is 4.87. The summed E-state index contributed by atoms with van der Waals surface area (Å²) in [7, 11) is 4.65. The number of aromatic nitrogens is 2. The standard InChI is InChI=1S/C20H26N4O4/c1-13-6-9-24(10-7-13)19(25)15-5-8-21-20(23-15)22-14-11-16(26-2)18(28-4)17(12-14)27-3/h5,8,11-13H,6-7,9-10H2,1-4H3,(H,21,22,23). The topological polar surface area (TPSA) is 85.8 Å². The van der Waals surface area contributed by atoms with E-state index in [0.717, 1.165) is 25.9 Å². The molecule has 0 saturated carbocycles. The molecule has 150 valence electrons. The van der Waals surface area contributed by atoms with Crippen LogP contribution in [0.1, 0.15) is 30.3 Å². The van der Waals surface area contributed by atoms with Gasteiger partial charge in [-0.15, -0.1) is 0 Å². The lowest BCUT2D eigenvalue weighted by Crippen LogP contribution is -2.38. The quantitative estimate of drug-likeness (QED) is 0.816. The Kier molecular flexibility index (Phi) is 6.18. The molecule has 1 amide bonds. The summed E-state index contributed by atoms with van der Waals surface area (Å²) in [6.07, 6.45) is 3.62. The molecular weight excluding hydrogens is 360 g/mol. The molecule has 8 nitrogen and oxygen atoms in total. The highest BCUT2D eigenvalue weighted by molar-refractivity contribution is 5.92. The van der Waals surface area contributed by atoms with Crippen molar-refractivity contribution in [3.8, 4) is 17.2 Å². The number of anilines is 2. The molecule has 1 aliphatic rings. The number of nitrogens with zero attached hydrogens (tertiary/aromatic N) is 3. The van der Waals surface area contributed by atoms with E-state index >= 15 is 0 Å². The summed E-state index contributed by atoms with van der Waals surface area (Å²) >= 11 is 0. The normalized spacial score (nSPS) is 14.5. The van der Waals surface area contributed by atoms with Gasteiger partial charge in [-0.25, -0.2) is 9.97 Å². The first-order valence-electron chi connectivity index (χ1n) is 9.25. The van der Waals surface area contributed by atoms with Crippen molar-refractivity contribution >= 4 is 17.5 Å². The van der Waals surface area contributed by atoms with Gasteiger partial charge in [0.15, 0.2) is 11.5 Å². The van der Waals surface area contributed by atoms with Crippen molar-refractivity contribution in [2.75, 3.05) is 39.7 Å². The lowest BCUT2D eigenvalue weighted by molar-refractivity contribution is 0.0691. The monoisotopic (exact) mass is 386 g/mol. The number of piperidine rings is 1. The molecule has 2 aromatic rings. The van der Waals surface area contributed by atoms with E-state index in [2.05, 4.69) is 22.2 Å². The molecule has 1 aliphatic heterocycles. The Labute approximate surface area is 164 Å². The fraction of sp³-hybridized carbons (Fsp3) is 0.450. The zero-order valence-corrected chi connectivity index (χ0v) is 16.7. The summed E-state index contributed by atoms with van der Waals surface area (Å²) in [4.78, 5) is 23.2. The average Bonchev–Trinajstić information content (AvgIpc) is 2.73. The lowest BCUT2D eigenvalue weighted by Gasteiger charge is -2.30. The molecule has 8 heteroatoms. The van der Waals surface area contributed by atoms with Crippen LogP contribution < -0.4 is 19.5 Å². The van der Waals surface area contributed by atoms with E-state index in [9.17, 15) is 4.79 Å². The zero-order valence-electron chi connectivity index (χ0n) is 16.7. The van der Waals surface area contributed by atoms with Crippen molar-refractivity contribution in [3.63, 3.8) is 0 Å². The van der Waals surface area contributed by atoms with Crippen LogP contribution in [0.2, 0.25) is 0 Å². The van der Waals surface area contributed by atoms with E-state index in [0.29, 0.717) is 40.5 Å². The molecule has 1 saturated heterocycles. The number of ether oxygens (including phenoxy) is 3. The molecule has 0 aliphatic carbocycles. The van der Waals surface area contributed by atoms with Gasteiger partial charge < -0.3 is 24.4 Å². The maximum Gasteiger partial charge on any atom is 0.272 e. The Morgan fingerprint density at radius 3 is 2.32 bits per heavy atom. The molecule has 28 heavy (non-hydrogen) atoms. The molecule has 1 aromatic heterocycles. The van der Waals surface area contributed by atoms with Gasteiger partial charge in [-0.1, -0.05) is 6.92 Å². The zero-order chi connectivity index (χ0) is 20.1.